The smallest absolute Gasteiger partial charge is 0.220 e. The molecule has 2 nitrogen and oxygen atoms in total. The Kier molecular flexibility index (Phi) is 4.91. The zero-order valence-corrected chi connectivity index (χ0v) is 10.6. The average Bonchev–Trinajstić information content (AvgIpc) is 2.22. The lowest BCUT2D eigenvalue weighted by atomic mass is 9.78. The second-order valence-corrected chi connectivity index (χ2v) is 5.16. The van der Waals surface area contributed by atoms with E-state index >= 15 is 0 Å². The predicted molar refractivity (Wildman–Crippen MR) is 64.1 cm³/mol. The van der Waals surface area contributed by atoms with E-state index < -0.39 is 0 Å². The minimum absolute atomic E-state index is 0.111. The molecule has 1 fully saturated rings. The largest absolute Gasteiger partial charge is 0.349 e. The Labute approximate surface area is 97.8 Å². The lowest BCUT2D eigenvalue weighted by Crippen LogP contribution is -2.52. The lowest BCUT2D eigenvalue weighted by molar-refractivity contribution is -0.123. The summed E-state index contributed by atoms with van der Waals surface area (Å²) < 4.78 is 0. The maximum absolute atomic E-state index is 11.6. The Morgan fingerprint density at radius 1 is 1.47 bits per heavy atom. The van der Waals surface area contributed by atoms with E-state index in [2.05, 4.69) is 12.2 Å². The Balaban J connectivity index is 2.49. The van der Waals surface area contributed by atoms with Crippen molar-refractivity contribution in [2.45, 2.75) is 57.9 Å². The van der Waals surface area contributed by atoms with E-state index in [0.29, 0.717) is 12.3 Å². The molecule has 1 amide bonds. The first-order chi connectivity index (χ1) is 7.12. The minimum atomic E-state index is -0.111. The highest BCUT2D eigenvalue weighted by atomic mass is 35.5. The molecule has 0 aromatic rings. The SMILES string of the molecule is CCCC(=O)NC1(CCl)CCC(C)CC1. The first-order valence-corrected chi connectivity index (χ1v) is 6.52. The van der Waals surface area contributed by atoms with E-state index in [1.165, 1.54) is 12.8 Å². The molecule has 0 aromatic carbocycles. The van der Waals surface area contributed by atoms with Crippen LogP contribution in [0.15, 0.2) is 0 Å². The van der Waals surface area contributed by atoms with Crippen LogP contribution in [0.25, 0.3) is 0 Å². The van der Waals surface area contributed by atoms with E-state index in [9.17, 15) is 4.79 Å². The fourth-order valence-electron chi connectivity index (χ4n) is 2.19. The summed E-state index contributed by atoms with van der Waals surface area (Å²) in [6.45, 7) is 4.29. The molecule has 0 aromatic heterocycles. The van der Waals surface area contributed by atoms with E-state index in [4.69, 9.17) is 11.6 Å². The number of carbonyl (C=O) groups excluding carboxylic acids is 1. The summed E-state index contributed by atoms with van der Waals surface area (Å²) in [5.74, 6) is 1.49. The standard InChI is InChI=1S/C12H22ClNO/c1-3-4-11(15)14-12(9-13)7-5-10(2)6-8-12/h10H,3-9H2,1-2H3,(H,14,15). The van der Waals surface area contributed by atoms with Crippen LogP contribution >= 0.6 is 11.6 Å². The van der Waals surface area contributed by atoms with Crippen molar-refractivity contribution >= 4 is 17.5 Å². The second kappa shape index (κ2) is 5.74. The third-order valence-corrected chi connectivity index (χ3v) is 3.88. The molecule has 0 radical (unpaired) electrons. The molecule has 1 aliphatic rings. The number of hydrogen-bond acceptors (Lipinski definition) is 1. The van der Waals surface area contributed by atoms with E-state index in [-0.39, 0.29) is 11.4 Å². The summed E-state index contributed by atoms with van der Waals surface area (Å²) in [6, 6.07) is 0. The van der Waals surface area contributed by atoms with E-state index in [1.807, 2.05) is 6.92 Å². The lowest BCUT2D eigenvalue weighted by Gasteiger charge is -2.38. The van der Waals surface area contributed by atoms with Gasteiger partial charge in [0.05, 0.1) is 5.54 Å². The van der Waals surface area contributed by atoms with Crippen molar-refractivity contribution in [2.75, 3.05) is 5.88 Å². The molecule has 1 rings (SSSR count). The van der Waals surface area contributed by atoms with Gasteiger partial charge >= 0.3 is 0 Å². The van der Waals surface area contributed by atoms with Gasteiger partial charge in [0.1, 0.15) is 0 Å². The van der Waals surface area contributed by atoms with Gasteiger partial charge in [-0.2, -0.15) is 0 Å². The minimum Gasteiger partial charge on any atom is -0.349 e. The number of hydrogen-bond donors (Lipinski definition) is 1. The van der Waals surface area contributed by atoms with Crippen molar-refractivity contribution in [1.29, 1.82) is 0 Å². The molecule has 1 saturated carbocycles. The topological polar surface area (TPSA) is 29.1 Å². The molecular formula is C12H22ClNO. The molecule has 88 valence electrons. The van der Waals surface area contributed by atoms with Gasteiger partial charge in [-0.05, 0) is 38.0 Å². The average molecular weight is 232 g/mol. The molecule has 0 heterocycles. The maximum Gasteiger partial charge on any atom is 0.220 e. The molecule has 0 saturated heterocycles. The summed E-state index contributed by atoms with van der Waals surface area (Å²) >= 11 is 6.01. The van der Waals surface area contributed by atoms with E-state index in [0.717, 1.165) is 25.2 Å². The van der Waals surface area contributed by atoms with Crippen molar-refractivity contribution in [1.82, 2.24) is 5.32 Å². The van der Waals surface area contributed by atoms with Crippen molar-refractivity contribution in [3.05, 3.63) is 0 Å². The quantitative estimate of drug-likeness (QED) is 0.741. The zero-order chi connectivity index (χ0) is 11.3. The molecule has 15 heavy (non-hydrogen) atoms. The van der Waals surface area contributed by atoms with Gasteiger partial charge in [-0.15, -0.1) is 11.6 Å². The number of rotatable bonds is 4. The fraction of sp³-hybridized carbons (Fsp3) is 0.917. The summed E-state index contributed by atoms with van der Waals surface area (Å²) in [5, 5.41) is 3.13. The van der Waals surface area contributed by atoms with Crippen LogP contribution in [0.2, 0.25) is 0 Å². The van der Waals surface area contributed by atoms with Gasteiger partial charge in [0.2, 0.25) is 5.91 Å². The molecule has 1 aliphatic carbocycles. The summed E-state index contributed by atoms with van der Waals surface area (Å²) in [7, 11) is 0. The van der Waals surface area contributed by atoms with Gasteiger partial charge in [-0.25, -0.2) is 0 Å². The van der Waals surface area contributed by atoms with Gasteiger partial charge in [-0.3, -0.25) is 4.79 Å². The van der Waals surface area contributed by atoms with Crippen LogP contribution in [0.1, 0.15) is 52.4 Å². The number of nitrogens with one attached hydrogen (secondary N) is 1. The van der Waals surface area contributed by atoms with Crippen LogP contribution in [0.3, 0.4) is 0 Å². The monoisotopic (exact) mass is 231 g/mol. The van der Waals surface area contributed by atoms with Crippen molar-refractivity contribution in [2.24, 2.45) is 5.92 Å². The number of alkyl halides is 1. The molecule has 0 atom stereocenters. The zero-order valence-electron chi connectivity index (χ0n) is 9.81. The predicted octanol–water partition coefficient (Wildman–Crippen LogP) is 3.09. The molecular weight excluding hydrogens is 210 g/mol. The van der Waals surface area contributed by atoms with Crippen LogP contribution in [0.5, 0.6) is 0 Å². The Morgan fingerprint density at radius 3 is 2.53 bits per heavy atom. The van der Waals surface area contributed by atoms with Crippen LogP contribution in [-0.4, -0.2) is 17.3 Å². The third kappa shape index (κ3) is 3.67. The van der Waals surface area contributed by atoms with Crippen molar-refractivity contribution in [3.8, 4) is 0 Å². The van der Waals surface area contributed by atoms with Crippen LogP contribution in [0, 0.1) is 5.92 Å². The summed E-state index contributed by atoms with van der Waals surface area (Å²) in [6.07, 6.45) is 5.95. The fourth-order valence-corrected chi connectivity index (χ4v) is 2.53. The van der Waals surface area contributed by atoms with Crippen molar-refractivity contribution in [3.63, 3.8) is 0 Å². The molecule has 0 spiro atoms. The van der Waals surface area contributed by atoms with Crippen LogP contribution < -0.4 is 5.32 Å². The van der Waals surface area contributed by atoms with Crippen LogP contribution in [-0.2, 0) is 4.79 Å². The van der Waals surface area contributed by atoms with Crippen molar-refractivity contribution < 1.29 is 4.79 Å². The molecule has 3 heteroatoms. The maximum atomic E-state index is 11.6. The van der Waals surface area contributed by atoms with Gasteiger partial charge in [0.25, 0.3) is 0 Å². The molecule has 0 aliphatic heterocycles. The van der Waals surface area contributed by atoms with Gasteiger partial charge in [0, 0.05) is 12.3 Å². The van der Waals surface area contributed by atoms with Crippen LogP contribution in [0.4, 0.5) is 0 Å². The molecule has 0 bridgehead atoms. The summed E-state index contributed by atoms with van der Waals surface area (Å²) in [5.41, 5.74) is -0.111. The Bertz CT molecular complexity index is 210. The Morgan fingerprint density at radius 2 is 2.07 bits per heavy atom. The van der Waals surface area contributed by atoms with Gasteiger partial charge < -0.3 is 5.32 Å². The molecule has 1 N–H and O–H groups in total. The first-order valence-electron chi connectivity index (χ1n) is 5.99. The van der Waals surface area contributed by atoms with Gasteiger partial charge in [0.15, 0.2) is 0 Å². The summed E-state index contributed by atoms with van der Waals surface area (Å²) in [4.78, 5) is 11.6. The number of halogens is 1. The van der Waals surface area contributed by atoms with Gasteiger partial charge in [-0.1, -0.05) is 13.8 Å². The molecule has 0 unspecified atom stereocenters. The Hall–Kier alpha value is -0.240. The third-order valence-electron chi connectivity index (χ3n) is 3.37. The highest BCUT2D eigenvalue weighted by Crippen LogP contribution is 2.32. The van der Waals surface area contributed by atoms with E-state index in [1.54, 1.807) is 0 Å². The highest BCUT2D eigenvalue weighted by molar-refractivity contribution is 6.18. The normalized spacial score (nSPS) is 31.3. The number of amides is 1. The number of carbonyl (C=O) groups is 1. The highest BCUT2D eigenvalue weighted by Gasteiger charge is 2.34. The second-order valence-electron chi connectivity index (χ2n) is 4.89. The first kappa shape index (κ1) is 12.8.